The minimum absolute atomic E-state index is 0.127. The van der Waals surface area contributed by atoms with Gasteiger partial charge in [0.05, 0.1) is 0 Å². The first-order chi connectivity index (χ1) is 10.1. The molecule has 0 spiro atoms. The second kappa shape index (κ2) is 7.90. The Morgan fingerprint density at radius 3 is 2.81 bits per heavy atom. The van der Waals surface area contributed by atoms with E-state index in [-0.39, 0.29) is 6.04 Å². The molecular formula is C16H19BrClN3. The van der Waals surface area contributed by atoms with Gasteiger partial charge in [0.15, 0.2) is 0 Å². The van der Waals surface area contributed by atoms with Crippen LogP contribution in [0, 0.1) is 0 Å². The average molecular weight is 369 g/mol. The lowest BCUT2D eigenvalue weighted by molar-refractivity contribution is 0.252. The van der Waals surface area contributed by atoms with Crippen molar-refractivity contribution in [2.75, 3.05) is 20.1 Å². The van der Waals surface area contributed by atoms with Gasteiger partial charge < -0.3 is 5.73 Å². The van der Waals surface area contributed by atoms with Gasteiger partial charge in [-0.15, -0.1) is 0 Å². The molecule has 1 aromatic heterocycles. The third kappa shape index (κ3) is 4.51. The molecule has 2 rings (SSSR count). The van der Waals surface area contributed by atoms with Crippen molar-refractivity contribution in [3.63, 3.8) is 0 Å². The minimum atomic E-state index is 0.127. The number of hydrogen-bond donors (Lipinski definition) is 1. The maximum Gasteiger partial charge on any atom is 0.0479 e. The number of pyridine rings is 1. The number of hydrogen-bond acceptors (Lipinski definition) is 3. The number of halogens is 2. The summed E-state index contributed by atoms with van der Waals surface area (Å²) in [5.41, 5.74) is 8.18. The Morgan fingerprint density at radius 1 is 1.33 bits per heavy atom. The second-order valence-corrected chi connectivity index (χ2v) is 6.26. The Bertz CT molecular complexity index is 577. The molecule has 2 N–H and O–H groups in total. The van der Waals surface area contributed by atoms with Crippen molar-refractivity contribution in [3.8, 4) is 0 Å². The van der Waals surface area contributed by atoms with Crippen molar-refractivity contribution in [1.29, 1.82) is 0 Å². The topological polar surface area (TPSA) is 42.2 Å². The highest BCUT2D eigenvalue weighted by Crippen LogP contribution is 2.29. The number of likely N-dealkylation sites (N-methyl/N-ethyl adjacent to an activating group) is 1. The van der Waals surface area contributed by atoms with Crippen LogP contribution in [0.4, 0.5) is 0 Å². The molecule has 5 heteroatoms. The zero-order valence-electron chi connectivity index (χ0n) is 12.0. The van der Waals surface area contributed by atoms with Crippen LogP contribution in [0.2, 0.25) is 5.02 Å². The highest BCUT2D eigenvalue weighted by molar-refractivity contribution is 9.10. The zero-order chi connectivity index (χ0) is 15.2. The molecule has 21 heavy (non-hydrogen) atoms. The van der Waals surface area contributed by atoms with Crippen LogP contribution in [0.3, 0.4) is 0 Å². The normalized spacial score (nSPS) is 12.6. The van der Waals surface area contributed by atoms with Crippen LogP contribution >= 0.6 is 27.5 Å². The van der Waals surface area contributed by atoms with Crippen molar-refractivity contribution in [1.82, 2.24) is 9.88 Å². The van der Waals surface area contributed by atoms with E-state index in [0.717, 1.165) is 33.7 Å². The summed E-state index contributed by atoms with van der Waals surface area (Å²) in [7, 11) is 2.08. The average Bonchev–Trinajstić information content (AvgIpc) is 2.50. The summed E-state index contributed by atoms with van der Waals surface area (Å²) >= 11 is 9.69. The van der Waals surface area contributed by atoms with Gasteiger partial charge >= 0.3 is 0 Å². The largest absolute Gasteiger partial charge is 0.329 e. The molecule has 0 aliphatic rings. The van der Waals surface area contributed by atoms with E-state index in [1.807, 2.05) is 42.6 Å². The second-order valence-electron chi connectivity index (χ2n) is 4.97. The smallest absolute Gasteiger partial charge is 0.0479 e. The quantitative estimate of drug-likeness (QED) is 0.846. The van der Waals surface area contributed by atoms with Gasteiger partial charge in [-0.25, -0.2) is 0 Å². The molecule has 0 saturated heterocycles. The summed E-state index contributed by atoms with van der Waals surface area (Å²) in [4.78, 5) is 6.59. The first-order valence-corrected chi connectivity index (χ1v) is 8.04. The number of rotatable bonds is 6. The Morgan fingerprint density at radius 2 is 2.14 bits per heavy atom. The van der Waals surface area contributed by atoms with Gasteiger partial charge in [-0.1, -0.05) is 33.6 Å². The predicted octanol–water partition coefficient (Wildman–Crippen LogP) is 3.67. The molecule has 0 bridgehead atoms. The molecule has 1 heterocycles. The number of nitrogens with zero attached hydrogens (tertiary/aromatic N) is 2. The van der Waals surface area contributed by atoms with Gasteiger partial charge in [-0.3, -0.25) is 9.88 Å². The SMILES string of the molecule is CN(CCc1ccccn1)C(CN)c1cc(Cl)ccc1Br. The predicted molar refractivity (Wildman–Crippen MR) is 91.5 cm³/mol. The van der Waals surface area contributed by atoms with E-state index in [0.29, 0.717) is 6.54 Å². The van der Waals surface area contributed by atoms with Gasteiger partial charge in [-0.05, 0) is 42.9 Å². The molecule has 112 valence electrons. The Balaban J connectivity index is 2.08. The first kappa shape index (κ1) is 16.4. The van der Waals surface area contributed by atoms with Gasteiger partial charge in [0.1, 0.15) is 0 Å². The van der Waals surface area contributed by atoms with Crippen LogP contribution < -0.4 is 5.73 Å². The molecule has 0 aliphatic carbocycles. The van der Waals surface area contributed by atoms with Crippen molar-refractivity contribution in [2.45, 2.75) is 12.5 Å². The van der Waals surface area contributed by atoms with Gasteiger partial charge in [0.25, 0.3) is 0 Å². The van der Waals surface area contributed by atoms with Crippen LogP contribution in [0.15, 0.2) is 47.1 Å². The lowest BCUT2D eigenvalue weighted by Crippen LogP contribution is -2.32. The summed E-state index contributed by atoms with van der Waals surface area (Å²) in [6, 6.07) is 11.9. The molecule has 3 nitrogen and oxygen atoms in total. The zero-order valence-corrected chi connectivity index (χ0v) is 14.3. The molecule has 0 radical (unpaired) electrons. The number of nitrogens with two attached hydrogens (primary N) is 1. The van der Waals surface area contributed by atoms with Crippen molar-refractivity contribution in [2.24, 2.45) is 5.73 Å². The summed E-state index contributed by atoms with van der Waals surface area (Å²) in [6.45, 7) is 1.43. The van der Waals surface area contributed by atoms with E-state index in [1.165, 1.54) is 0 Å². The maximum atomic E-state index is 6.11. The lowest BCUT2D eigenvalue weighted by atomic mass is 10.1. The number of aromatic nitrogens is 1. The van der Waals surface area contributed by atoms with Crippen molar-refractivity contribution in [3.05, 3.63) is 63.3 Å². The molecule has 0 fully saturated rings. The summed E-state index contributed by atoms with van der Waals surface area (Å²) in [5, 5.41) is 0.727. The summed E-state index contributed by atoms with van der Waals surface area (Å²) in [6.07, 6.45) is 2.72. The Kier molecular flexibility index (Phi) is 6.18. The minimum Gasteiger partial charge on any atom is -0.329 e. The van der Waals surface area contributed by atoms with Crippen molar-refractivity contribution < 1.29 is 0 Å². The third-order valence-corrected chi connectivity index (χ3v) is 4.48. The van der Waals surface area contributed by atoms with E-state index >= 15 is 0 Å². The van der Waals surface area contributed by atoms with E-state index in [2.05, 4.69) is 32.9 Å². The molecule has 1 unspecified atom stereocenters. The Hall–Kier alpha value is -0.940. The number of benzene rings is 1. The van der Waals surface area contributed by atoms with Crippen LogP contribution in [0.25, 0.3) is 0 Å². The van der Waals surface area contributed by atoms with Crippen LogP contribution in [-0.2, 0) is 6.42 Å². The van der Waals surface area contributed by atoms with E-state index in [4.69, 9.17) is 17.3 Å². The van der Waals surface area contributed by atoms with E-state index in [1.54, 1.807) is 0 Å². The molecule has 0 saturated carbocycles. The Labute approximate surface area is 139 Å². The lowest BCUT2D eigenvalue weighted by Gasteiger charge is -2.28. The third-order valence-electron chi connectivity index (χ3n) is 3.52. The van der Waals surface area contributed by atoms with Gasteiger partial charge in [-0.2, -0.15) is 0 Å². The fourth-order valence-electron chi connectivity index (χ4n) is 2.31. The maximum absolute atomic E-state index is 6.11. The highest BCUT2D eigenvalue weighted by atomic mass is 79.9. The molecule has 0 aliphatic heterocycles. The van der Waals surface area contributed by atoms with Crippen LogP contribution in [0.1, 0.15) is 17.3 Å². The fraction of sp³-hybridized carbons (Fsp3) is 0.312. The molecule has 0 amide bonds. The van der Waals surface area contributed by atoms with Gasteiger partial charge in [0.2, 0.25) is 0 Å². The van der Waals surface area contributed by atoms with Gasteiger partial charge in [0, 0.05) is 46.9 Å². The first-order valence-electron chi connectivity index (χ1n) is 6.87. The summed E-state index contributed by atoms with van der Waals surface area (Å²) in [5.74, 6) is 0. The van der Waals surface area contributed by atoms with Crippen molar-refractivity contribution >= 4 is 27.5 Å². The van der Waals surface area contributed by atoms with E-state index in [9.17, 15) is 0 Å². The van der Waals surface area contributed by atoms with E-state index < -0.39 is 0 Å². The molecule has 1 atom stereocenters. The fourth-order valence-corrected chi connectivity index (χ4v) is 3.00. The molecule has 1 aromatic carbocycles. The highest BCUT2D eigenvalue weighted by Gasteiger charge is 2.18. The molecular weight excluding hydrogens is 350 g/mol. The molecule has 2 aromatic rings. The van der Waals surface area contributed by atoms with Crippen LogP contribution in [0.5, 0.6) is 0 Å². The monoisotopic (exact) mass is 367 g/mol. The summed E-state index contributed by atoms with van der Waals surface area (Å²) < 4.78 is 1.03. The van der Waals surface area contributed by atoms with Crippen LogP contribution in [-0.4, -0.2) is 30.0 Å². The standard InChI is InChI=1S/C16H19BrClN3/c1-21(9-7-13-4-2-3-8-20-13)16(11-19)14-10-12(18)5-6-15(14)17/h2-6,8,10,16H,7,9,11,19H2,1H3.